The van der Waals surface area contributed by atoms with Crippen molar-refractivity contribution < 1.29 is 4.74 Å². The fourth-order valence-corrected chi connectivity index (χ4v) is 3.53. The molecule has 0 spiro atoms. The van der Waals surface area contributed by atoms with E-state index in [1.165, 1.54) is 12.0 Å². The molecule has 2 rings (SSSR count). The van der Waals surface area contributed by atoms with E-state index in [-0.39, 0.29) is 11.3 Å². The van der Waals surface area contributed by atoms with E-state index in [0.29, 0.717) is 16.9 Å². The van der Waals surface area contributed by atoms with Gasteiger partial charge in [0.25, 0.3) is 0 Å². The predicted molar refractivity (Wildman–Crippen MR) is 107 cm³/mol. The molecule has 2 aromatic rings. The summed E-state index contributed by atoms with van der Waals surface area (Å²) in [5.41, 5.74) is 0.972. The van der Waals surface area contributed by atoms with Crippen LogP contribution < -0.4 is 9.54 Å². The minimum atomic E-state index is -0.00111. The van der Waals surface area contributed by atoms with Gasteiger partial charge in [-0.05, 0) is 30.0 Å². The van der Waals surface area contributed by atoms with Gasteiger partial charge in [-0.2, -0.15) is 20.5 Å². The van der Waals surface area contributed by atoms with E-state index >= 15 is 0 Å². The van der Waals surface area contributed by atoms with E-state index in [1.807, 2.05) is 6.19 Å². The van der Waals surface area contributed by atoms with Crippen molar-refractivity contribution in [2.45, 2.75) is 46.1 Å². The number of rotatable bonds is 4. The molecule has 140 valence electrons. The zero-order valence-electron chi connectivity index (χ0n) is 16.3. The Balaban J connectivity index is 2.71. The molecule has 27 heavy (non-hydrogen) atoms. The number of nitriles is 2. The average Bonchev–Trinajstić information content (AvgIpc) is 3.04. The SMILES string of the molecule is CCCn1cc(C(C)(C)C)s/c1=N\C(=N\C#N)c1cc(C#N)ccc1OC. The molecule has 6 nitrogen and oxygen atoms in total. The molecule has 0 bridgehead atoms. The number of benzene rings is 1. The Labute approximate surface area is 163 Å². The molecule has 0 atom stereocenters. The van der Waals surface area contributed by atoms with Crippen LogP contribution in [0, 0.1) is 22.8 Å². The molecule has 0 fully saturated rings. The molecule has 0 saturated heterocycles. The summed E-state index contributed by atoms with van der Waals surface area (Å²) < 4.78 is 7.47. The largest absolute Gasteiger partial charge is 0.496 e. The van der Waals surface area contributed by atoms with Gasteiger partial charge < -0.3 is 9.30 Å². The minimum absolute atomic E-state index is 0.00111. The number of thiazole rings is 1. The smallest absolute Gasteiger partial charge is 0.207 e. The highest BCUT2D eigenvalue weighted by Crippen LogP contribution is 2.25. The summed E-state index contributed by atoms with van der Waals surface area (Å²) >= 11 is 1.58. The van der Waals surface area contributed by atoms with Crippen LogP contribution in [0.4, 0.5) is 0 Å². The molecule has 0 saturated carbocycles. The molecule has 1 aromatic carbocycles. The third-order valence-corrected chi connectivity index (χ3v) is 5.30. The summed E-state index contributed by atoms with van der Waals surface area (Å²) in [5.74, 6) is 0.750. The van der Waals surface area contributed by atoms with Crippen LogP contribution in [0.5, 0.6) is 5.75 Å². The van der Waals surface area contributed by atoms with Crippen LogP contribution in [-0.4, -0.2) is 17.5 Å². The van der Waals surface area contributed by atoms with E-state index < -0.39 is 0 Å². The Morgan fingerprint density at radius 2 is 2.04 bits per heavy atom. The molecule has 0 N–H and O–H groups in total. The molecular weight excluding hydrogens is 358 g/mol. The van der Waals surface area contributed by atoms with Crippen molar-refractivity contribution in [3.05, 3.63) is 45.2 Å². The van der Waals surface area contributed by atoms with Crippen molar-refractivity contribution in [1.82, 2.24) is 4.57 Å². The Morgan fingerprint density at radius 1 is 1.30 bits per heavy atom. The normalized spacial score (nSPS) is 12.6. The number of methoxy groups -OCH3 is 1. The van der Waals surface area contributed by atoms with Crippen molar-refractivity contribution >= 4 is 17.2 Å². The van der Waals surface area contributed by atoms with Crippen molar-refractivity contribution in [2.24, 2.45) is 9.98 Å². The van der Waals surface area contributed by atoms with Crippen LogP contribution >= 0.6 is 11.3 Å². The van der Waals surface area contributed by atoms with Gasteiger partial charge in [0.15, 0.2) is 10.6 Å². The quantitative estimate of drug-likeness (QED) is 0.456. The predicted octanol–water partition coefficient (Wildman–Crippen LogP) is 3.97. The molecule has 1 heterocycles. The van der Waals surface area contributed by atoms with Crippen molar-refractivity contribution in [1.29, 1.82) is 10.5 Å². The van der Waals surface area contributed by atoms with Crippen LogP contribution in [0.15, 0.2) is 34.4 Å². The summed E-state index contributed by atoms with van der Waals surface area (Å²) in [6.45, 7) is 9.39. The Kier molecular flexibility index (Phi) is 6.55. The van der Waals surface area contributed by atoms with Gasteiger partial charge in [0.2, 0.25) is 6.19 Å². The summed E-state index contributed by atoms with van der Waals surface area (Å²) in [4.78, 5) is 10.5. The lowest BCUT2D eigenvalue weighted by molar-refractivity contribution is 0.414. The van der Waals surface area contributed by atoms with Gasteiger partial charge in [-0.1, -0.05) is 27.7 Å². The maximum absolute atomic E-state index is 9.21. The number of hydrogen-bond acceptors (Lipinski definition) is 5. The molecule has 0 aliphatic carbocycles. The third-order valence-electron chi connectivity index (χ3n) is 3.85. The van der Waals surface area contributed by atoms with Crippen LogP contribution in [0.25, 0.3) is 0 Å². The van der Waals surface area contributed by atoms with Crippen molar-refractivity contribution in [3.63, 3.8) is 0 Å². The van der Waals surface area contributed by atoms with E-state index in [1.54, 1.807) is 29.5 Å². The van der Waals surface area contributed by atoms with Gasteiger partial charge in [0, 0.05) is 17.6 Å². The number of ether oxygens (including phenoxy) is 1. The number of aryl methyl sites for hydroxylation is 1. The van der Waals surface area contributed by atoms with Crippen molar-refractivity contribution in [3.8, 4) is 18.0 Å². The first-order valence-electron chi connectivity index (χ1n) is 8.64. The van der Waals surface area contributed by atoms with Crippen molar-refractivity contribution in [2.75, 3.05) is 7.11 Å². The zero-order chi connectivity index (χ0) is 20.0. The van der Waals surface area contributed by atoms with E-state index in [2.05, 4.69) is 54.5 Å². The number of aliphatic imine (C=N–C) groups is 1. The van der Waals surface area contributed by atoms with Crippen LogP contribution in [0.3, 0.4) is 0 Å². The minimum Gasteiger partial charge on any atom is -0.496 e. The molecule has 0 aliphatic rings. The summed E-state index contributed by atoms with van der Waals surface area (Å²) in [6.07, 6.45) is 4.89. The molecular formula is C20H23N5OS. The third kappa shape index (κ3) is 4.84. The maximum atomic E-state index is 9.21. The topological polar surface area (TPSA) is 86.5 Å². The fraction of sp³-hybridized carbons (Fsp3) is 0.400. The second kappa shape index (κ2) is 8.66. The van der Waals surface area contributed by atoms with Crippen LogP contribution in [-0.2, 0) is 12.0 Å². The Bertz CT molecular complexity index is 993. The van der Waals surface area contributed by atoms with Gasteiger partial charge in [0.1, 0.15) is 5.75 Å². The Morgan fingerprint density at radius 3 is 2.59 bits per heavy atom. The monoisotopic (exact) mass is 381 g/mol. The molecule has 7 heteroatoms. The molecule has 0 unspecified atom stereocenters. The van der Waals surface area contributed by atoms with Gasteiger partial charge >= 0.3 is 0 Å². The van der Waals surface area contributed by atoms with Crippen LogP contribution in [0.2, 0.25) is 0 Å². The second-order valence-electron chi connectivity index (χ2n) is 7.00. The van der Waals surface area contributed by atoms with Gasteiger partial charge in [0.05, 0.1) is 24.3 Å². The summed E-state index contributed by atoms with van der Waals surface area (Å²) in [7, 11) is 1.54. The lowest BCUT2D eigenvalue weighted by Gasteiger charge is -2.14. The lowest BCUT2D eigenvalue weighted by atomic mass is 9.95. The second-order valence-corrected chi connectivity index (χ2v) is 8.00. The molecule has 0 radical (unpaired) electrons. The molecule has 0 aliphatic heterocycles. The maximum Gasteiger partial charge on any atom is 0.207 e. The number of amidine groups is 1. The standard InChI is InChI=1S/C20H23N5OS/c1-6-9-25-12-17(20(2,3)4)27-19(25)24-18(23-13-22)15-10-14(11-21)7-8-16(15)26-5/h7-8,10,12H,6,9H2,1-5H3/b23-18+,24-19-. The van der Waals surface area contributed by atoms with Crippen LogP contribution in [0.1, 0.15) is 50.1 Å². The highest BCUT2D eigenvalue weighted by Gasteiger charge is 2.18. The van der Waals surface area contributed by atoms with E-state index in [0.717, 1.165) is 17.8 Å². The number of hydrogen-bond donors (Lipinski definition) is 0. The van der Waals surface area contributed by atoms with Gasteiger partial charge in [-0.3, -0.25) is 0 Å². The van der Waals surface area contributed by atoms with E-state index in [9.17, 15) is 5.26 Å². The number of aromatic nitrogens is 1. The molecule has 0 amide bonds. The fourth-order valence-electron chi connectivity index (χ4n) is 2.45. The Hall–Kier alpha value is -2.90. The van der Waals surface area contributed by atoms with E-state index in [4.69, 9.17) is 10.00 Å². The first-order chi connectivity index (χ1) is 12.8. The zero-order valence-corrected chi connectivity index (χ0v) is 17.1. The molecule has 1 aromatic heterocycles. The first kappa shape index (κ1) is 20.4. The van der Waals surface area contributed by atoms with Gasteiger partial charge in [-0.15, -0.1) is 11.3 Å². The first-order valence-corrected chi connectivity index (χ1v) is 9.46. The van der Waals surface area contributed by atoms with Gasteiger partial charge in [-0.25, -0.2) is 0 Å². The highest BCUT2D eigenvalue weighted by atomic mass is 32.1. The summed E-state index contributed by atoms with van der Waals surface area (Å²) in [5, 5.41) is 18.4. The number of nitrogens with zero attached hydrogens (tertiary/aromatic N) is 5. The summed E-state index contributed by atoms with van der Waals surface area (Å²) in [6, 6.07) is 7.08. The lowest BCUT2D eigenvalue weighted by Crippen LogP contribution is -2.17. The highest BCUT2D eigenvalue weighted by molar-refractivity contribution is 7.09. The average molecular weight is 382 g/mol.